The first kappa shape index (κ1) is 10.0. The summed E-state index contributed by atoms with van der Waals surface area (Å²) in [7, 11) is 0. The monoisotopic (exact) mass is 212 g/mol. The van der Waals surface area contributed by atoms with E-state index in [0.29, 0.717) is 18.5 Å². The number of nitrogens with one attached hydrogen (secondary N) is 1. The van der Waals surface area contributed by atoms with Crippen LogP contribution >= 0.6 is 0 Å². The SMILES string of the molecule is NCCC1C(=O)Nc2c(F)cc(F)cc21. The first-order valence-corrected chi connectivity index (χ1v) is 4.63. The van der Waals surface area contributed by atoms with Crippen molar-refractivity contribution in [1.82, 2.24) is 0 Å². The van der Waals surface area contributed by atoms with Crippen LogP contribution in [-0.4, -0.2) is 12.5 Å². The van der Waals surface area contributed by atoms with E-state index in [9.17, 15) is 13.6 Å². The topological polar surface area (TPSA) is 55.1 Å². The lowest BCUT2D eigenvalue weighted by Gasteiger charge is -2.06. The summed E-state index contributed by atoms with van der Waals surface area (Å²) in [6, 6.07) is 1.93. The molecule has 0 fully saturated rings. The van der Waals surface area contributed by atoms with Crippen molar-refractivity contribution < 1.29 is 13.6 Å². The van der Waals surface area contributed by atoms with Crippen LogP contribution in [0.1, 0.15) is 17.9 Å². The van der Waals surface area contributed by atoms with Crippen LogP contribution in [0.2, 0.25) is 0 Å². The normalized spacial score (nSPS) is 18.9. The number of fused-ring (bicyclic) bond motifs is 1. The van der Waals surface area contributed by atoms with Crippen LogP contribution < -0.4 is 11.1 Å². The summed E-state index contributed by atoms with van der Waals surface area (Å²) >= 11 is 0. The third kappa shape index (κ3) is 1.59. The van der Waals surface area contributed by atoms with Crippen molar-refractivity contribution in [2.75, 3.05) is 11.9 Å². The van der Waals surface area contributed by atoms with E-state index in [-0.39, 0.29) is 11.6 Å². The minimum absolute atomic E-state index is 0.0832. The number of anilines is 1. The molecule has 2 rings (SSSR count). The minimum atomic E-state index is -0.738. The van der Waals surface area contributed by atoms with Crippen LogP contribution in [0.15, 0.2) is 12.1 Å². The van der Waals surface area contributed by atoms with Gasteiger partial charge in [-0.05, 0) is 24.6 Å². The molecule has 0 saturated carbocycles. The molecule has 1 unspecified atom stereocenters. The van der Waals surface area contributed by atoms with Crippen molar-refractivity contribution in [3.63, 3.8) is 0 Å². The van der Waals surface area contributed by atoms with Gasteiger partial charge in [0.1, 0.15) is 11.6 Å². The molecule has 5 heteroatoms. The molecule has 0 aromatic heterocycles. The lowest BCUT2D eigenvalue weighted by molar-refractivity contribution is -0.117. The molecule has 0 aliphatic carbocycles. The van der Waals surface area contributed by atoms with Crippen LogP contribution in [0.4, 0.5) is 14.5 Å². The summed E-state index contributed by atoms with van der Waals surface area (Å²) < 4.78 is 26.2. The van der Waals surface area contributed by atoms with E-state index in [2.05, 4.69) is 5.32 Å². The molecular weight excluding hydrogens is 202 g/mol. The summed E-state index contributed by atoms with van der Waals surface area (Å²) in [5.41, 5.74) is 5.78. The van der Waals surface area contributed by atoms with Gasteiger partial charge in [-0.3, -0.25) is 4.79 Å². The van der Waals surface area contributed by atoms with Gasteiger partial charge in [-0.15, -0.1) is 0 Å². The predicted octanol–water partition coefficient (Wildman–Crippen LogP) is 1.35. The van der Waals surface area contributed by atoms with E-state index in [4.69, 9.17) is 5.73 Å². The second-order valence-electron chi connectivity index (χ2n) is 3.47. The Morgan fingerprint density at radius 3 is 2.80 bits per heavy atom. The number of hydrogen-bond donors (Lipinski definition) is 2. The molecule has 0 spiro atoms. The zero-order valence-electron chi connectivity index (χ0n) is 7.89. The van der Waals surface area contributed by atoms with Gasteiger partial charge in [-0.1, -0.05) is 0 Å². The Morgan fingerprint density at radius 2 is 2.13 bits per heavy atom. The van der Waals surface area contributed by atoms with Gasteiger partial charge in [0.2, 0.25) is 5.91 Å². The van der Waals surface area contributed by atoms with Gasteiger partial charge in [-0.25, -0.2) is 8.78 Å². The van der Waals surface area contributed by atoms with Crippen molar-refractivity contribution in [2.45, 2.75) is 12.3 Å². The van der Waals surface area contributed by atoms with Crippen LogP contribution in [0.3, 0.4) is 0 Å². The second kappa shape index (κ2) is 3.58. The number of carbonyl (C=O) groups is 1. The van der Waals surface area contributed by atoms with Gasteiger partial charge in [0, 0.05) is 6.07 Å². The zero-order chi connectivity index (χ0) is 11.0. The number of carbonyl (C=O) groups excluding carboxylic acids is 1. The maximum atomic E-state index is 13.3. The van der Waals surface area contributed by atoms with Gasteiger partial charge in [0.25, 0.3) is 0 Å². The molecule has 80 valence electrons. The fourth-order valence-electron chi connectivity index (χ4n) is 1.81. The van der Waals surface area contributed by atoms with E-state index in [1.54, 1.807) is 0 Å². The Kier molecular flexibility index (Phi) is 2.40. The maximum Gasteiger partial charge on any atom is 0.232 e. The van der Waals surface area contributed by atoms with Crippen LogP contribution in [0.5, 0.6) is 0 Å². The molecular formula is C10H10F2N2O. The summed E-state index contributed by atoms with van der Waals surface area (Å²) in [5, 5.41) is 2.39. The molecule has 1 aromatic carbocycles. The smallest absolute Gasteiger partial charge is 0.232 e. The summed E-state index contributed by atoms with van der Waals surface area (Å²) in [4.78, 5) is 11.4. The van der Waals surface area contributed by atoms with Gasteiger partial charge in [0.15, 0.2) is 0 Å². The molecule has 1 atom stereocenters. The largest absolute Gasteiger partial charge is 0.330 e. The third-order valence-electron chi connectivity index (χ3n) is 2.48. The Hall–Kier alpha value is -1.49. The summed E-state index contributed by atoms with van der Waals surface area (Å²) in [5.74, 6) is -2.27. The minimum Gasteiger partial charge on any atom is -0.330 e. The fourth-order valence-corrected chi connectivity index (χ4v) is 1.81. The summed E-state index contributed by atoms with van der Waals surface area (Å²) in [6.45, 7) is 0.301. The average Bonchev–Trinajstić information content (AvgIpc) is 2.46. The van der Waals surface area contributed by atoms with Crippen LogP contribution in [0, 0.1) is 11.6 Å². The van der Waals surface area contributed by atoms with Crippen molar-refractivity contribution in [1.29, 1.82) is 0 Å². The first-order chi connectivity index (χ1) is 7.13. The number of nitrogens with two attached hydrogens (primary N) is 1. The van der Waals surface area contributed by atoms with E-state index in [1.165, 1.54) is 6.07 Å². The third-order valence-corrected chi connectivity index (χ3v) is 2.48. The average molecular weight is 212 g/mol. The highest BCUT2D eigenvalue weighted by molar-refractivity contribution is 6.03. The fraction of sp³-hybridized carbons (Fsp3) is 0.300. The standard InChI is InChI=1S/C10H10F2N2O/c11-5-3-7-6(1-2-13)10(15)14-9(7)8(12)4-5/h3-4,6H,1-2,13H2,(H,14,15). The number of hydrogen-bond acceptors (Lipinski definition) is 2. The van der Waals surface area contributed by atoms with E-state index >= 15 is 0 Å². The summed E-state index contributed by atoms with van der Waals surface area (Å²) in [6.07, 6.45) is 0.391. The Balaban J connectivity index is 2.48. The lowest BCUT2D eigenvalue weighted by atomic mass is 9.97. The lowest BCUT2D eigenvalue weighted by Crippen LogP contribution is -2.15. The van der Waals surface area contributed by atoms with Gasteiger partial charge in [-0.2, -0.15) is 0 Å². The van der Waals surface area contributed by atoms with E-state index in [0.717, 1.165) is 6.07 Å². The highest BCUT2D eigenvalue weighted by atomic mass is 19.1. The molecule has 0 saturated heterocycles. The van der Waals surface area contributed by atoms with Gasteiger partial charge in [0.05, 0.1) is 11.6 Å². The molecule has 3 nitrogen and oxygen atoms in total. The van der Waals surface area contributed by atoms with Crippen molar-refractivity contribution in [2.24, 2.45) is 5.73 Å². The Morgan fingerprint density at radius 1 is 1.40 bits per heavy atom. The number of benzene rings is 1. The molecule has 1 aromatic rings. The predicted molar refractivity (Wildman–Crippen MR) is 51.4 cm³/mol. The molecule has 15 heavy (non-hydrogen) atoms. The molecule has 1 aliphatic rings. The van der Waals surface area contributed by atoms with Gasteiger partial charge >= 0.3 is 0 Å². The maximum absolute atomic E-state index is 13.3. The highest BCUT2D eigenvalue weighted by Crippen LogP contribution is 2.36. The molecule has 0 radical (unpaired) electrons. The van der Waals surface area contributed by atoms with Crippen LogP contribution in [0.25, 0.3) is 0 Å². The molecule has 0 bridgehead atoms. The van der Waals surface area contributed by atoms with Crippen molar-refractivity contribution in [3.05, 3.63) is 29.3 Å². The number of halogens is 2. The number of amides is 1. The van der Waals surface area contributed by atoms with Crippen LogP contribution in [-0.2, 0) is 4.79 Å². The van der Waals surface area contributed by atoms with Gasteiger partial charge < -0.3 is 11.1 Å². The molecule has 1 aliphatic heterocycles. The highest BCUT2D eigenvalue weighted by Gasteiger charge is 2.32. The Labute approximate surface area is 85.3 Å². The molecule has 1 heterocycles. The van der Waals surface area contributed by atoms with E-state index in [1.807, 2.05) is 0 Å². The quantitative estimate of drug-likeness (QED) is 0.777. The molecule has 3 N–H and O–H groups in total. The zero-order valence-corrected chi connectivity index (χ0v) is 7.89. The second-order valence-corrected chi connectivity index (χ2v) is 3.47. The van der Waals surface area contributed by atoms with Crippen molar-refractivity contribution >= 4 is 11.6 Å². The van der Waals surface area contributed by atoms with E-state index < -0.39 is 17.6 Å². The Bertz CT molecular complexity index is 420. The first-order valence-electron chi connectivity index (χ1n) is 4.63. The number of rotatable bonds is 2. The van der Waals surface area contributed by atoms with Crippen molar-refractivity contribution in [3.8, 4) is 0 Å². The molecule has 1 amide bonds.